The van der Waals surface area contributed by atoms with Crippen molar-refractivity contribution < 1.29 is 57.4 Å². The van der Waals surface area contributed by atoms with E-state index >= 15 is 0 Å². The first kappa shape index (κ1) is 22.6. The summed E-state index contributed by atoms with van der Waals surface area (Å²) in [6.07, 6.45) is -2.01. The van der Waals surface area contributed by atoms with Crippen LogP contribution in [0.1, 0.15) is 12.8 Å². The highest BCUT2D eigenvalue weighted by molar-refractivity contribution is 7.89. The summed E-state index contributed by atoms with van der Waals surface area (Å²) in [4.78, 5) is 74.5. The number of hydrogen-bond acceptors (Lipinski definition) is 6. The van der Waals surface area contributed by atoms with Gasteiger partial charge in [0.1, 0.15) is 5.66 Å². The van der Waals surface area contributed by atoms with Crippen LogP contribution in [0.3, 0.4) is 0 Å². The summed E-state index contributed by atoms with van der Waals surface area (Å²) < 4.78 is 42.0. The molecule has 1 aliphatic carbocycles. The van der Waals surface area contributed by atoms with Gasteiger partial charge in [-0.25, -0.2) is 0 Å². The van der Waals surface area contributed by atoms with E-state index in [1.54, 1.807) is 0 Å². The Balaban J connectivity index is 3.87. The first-order chi connectivity index (χ1) is 10.2. The quantitative estimate of drug-likeness (QED) is 0.150. The van der Waals surface area contributed by atoms with E-state index in [4.69, 9.17) is 21.3 Å². The van der Waals surface area contributed by atoms with Gasteiger partial charge in [-0.3, -0.25) is 18.3 Å². The van der Waals surface area contributed by atoms with Gasteiger partial charge in [-0.2, -0.15) is 0 Å². The molecule has 0 amide bonds. The second-order valence-corrected chi connectivity index (χ2v) is 13.7. The molecule has 1 rings (SSSR count). The van der Waals surface area contributed by atoms with Gasteiger partial charge < -0.3 is 50.6 Å². The third-order valence-corrected chi connectivity index (χ3v) is 13.3. The summed E-state index contributed by atoms with van der Waals surface area (Å²) >= 11 is 0. The molecule has 14 nitrogen and oxygen atoms in total. The van der Waals surface area contributed by atoms with Crippen LogP contribution in [0.4, 0.5) is 0 Å². The molecule has 0 heterocycles. The fourth-order valence-corrected chi connectivity index (χ4v) is 10.4. The van der Waals surface area contributed by atoms with Crippen molar-refractivity contribution >= 4 is 30.4 Å². The van der Waals surface area contributed by atoms with Crippen molar-refractivity contribution in [1.29, 1.82) is 0 Å². The van der Waals surface area contributed by atoms with Gasteiger partial charge in [0.25, 0.3) is 0 Å². The smallest absolute Gasteiger partial charge is 0.324 e. The number of rotatable bonds is 7. The van der Waals surface area contributed by atoms with Gasteiger partial charge in [0.05, 0.1) is 6.16 Å². The minimum Gasteiger partial charge on any atom is -0.324 e. The predicted molar refractivity (Wildman–Crippen MR) is 78.5 cm³/mol. The summed E-state index contributed by atoms with van der Waals surface area (Å²) in [6.45, 7) is 0. The van der Waals surface area contributed by atoms with Crippen LogP contribution < -0.4 is 11.5 Å². The average molecular weight is 434 g/mol. The predicted octanol–water partition coefficient (Wildman–Crippen LogP) is -2.26. The Bertz CT molecular complexity index is 650. The molecule has 1 saturated carbocycles. The highest BCUT2D eigenvalue weighted by Gasteiger charge is 2.85. The number of hydrogen-bond donors (Lipinski definition) is 10. The maximum absolute atomic E-state index is 11.8. The minimum atomic E-state index is -6.42. The Hall–Kier alpha value is 0.520. The molecule has 18 heteroatoms. The van der Waals surface area contributed by atoms with Crippen molar-refractivity contribution in [2.24, 2.45) is 16.9 Å². The van der Waals surface area contributed by atoms with Crippen molar-refractivity contribution in [3.8, 4) is 0 Å². The first-order valence-corrected chi connectivity index (χ1v) is 12.6. The lowest BCUT2D eigenvalue weighted by Crippen LogP contribution is -2.71. The molecular formula is C6H18N2O12P4. The van der Waals surface area contributed by atoms with Crippen molar-refractivity contribution in [3.05, 3.63) is 0 Å². The van der Waals surface area contributed by atoms with Gasteiger partial charge in [0.2, 0.25) is 0 Å². The Kier molecular flexibility index (Phi) is 5.41. The lowest BCUT2D eigenvalue weighted by Gasteiger charge is -2.49. The van der Waals surface area contributed by atoms with Gasteiger partial charge in [0, 0.05) is 5.41 Å². The molecule has 144 valence electrons. The summed E-state index contributed by atoms with van der Waals surface area (Å²) in [7, 11) is -24.2. The standard InChI is InChI=1S/C6H18N2O12P4/c7-5(8,4(1-2-4)3-21(9,10)11)6(22(12,13)14,23(15,16)17)24(18,19)20/h1-3,7-8H2,(H2,9,10,11)(H2,12,13,14)(H2,15,16,17)(H2,18,19,20). The van der Waals surface area contributed by atoms with Gasteiger partial charge in [0.15, 0.2) is 0 Å². The van der Waals surface area contributed by atoms with Gasteiger partial charge in [-0.1, -0.05) is 0 Å². The molecule has 0 unspecified atom stereocenters. The Labute approximate surface area is 134 Å². The van der Waals surface area contributed by atoms with E-state index in [-0.39, 0.29) is 12.8 Å². The van der Waals surface area contributed by atoms with Crippen molar-refractivity contribution in [2.75, 3.05) is 6.16 Å². The fraction of sp³-hybridized carbons (Fsp3) is 1.00. The third-order valence-electron chi connectivity index (χ3n) is 4.01. The SMILES string of the molecule is NC(N)(C1(CP(=O)(O)O)CC1)C(P(=O)(O)O)(P(=O)(O)O)P(=O)(O)O. The van der Waals surface area contributed by atoms with E-state index in [0.717, 1.165) is 0 Å². The Morgan fingerprint density at radius 2 is 1.04 bits per heavy atom. The molecule has 1 aliphatic rings. The topological polar surface area (TPSA) is 282 Å². The lowest BCUT2D eigenvalue weighted by molar-refractivity contribution is 0.193. The van der Waals surface area contributed by atoms with Crippen LogP contribution in [-0.4, -0.2) is 55.6 Å². The summed E-state index contributed by atoms with van der Waals surface area (Å²) in [5.41, 5.74) is 5.22. The molecule has 12 N–H and O–H groups in total. The highest BCUT2D eigenvalue weighted by atomic mass is 31.3. The van der Waals surface area contributed by atoms with Crippen LogP contribution in [0, 0.1) is 5.41 Å². The van der Waals surface area contributed by atoms with Gasteiger partial charge in [-0.15, -0.1) is 0 Å². The Morgan fingerprint density at radius 1 is 0.750 bits per heavy atom. The molecule has 0 aromatic rings. The number of nitrogens with two attached hydrogens (primary N) is 2. The average Bonchev–Trinajstić information content (AvgIpc) is 2.87. The van der Waals surface area contributed by atoms with E-state index in [1.807, 2.05) is 0 Å². The van der Waals surface area contributed by atoms with Crippen molar-refractivity contribution in [2.45, 2.75) is 23.1 Å². The molecule has 0 atom stereocenters. The first-order valence-electron chi connectivity index (χ1n) is 5.96. The molecule has 0 aromatic carbocycles. The minimum absolute atomic E-state index is 0.368. The van der Waals surface area contributed by atoms with Crippen LogP contribution in [0.2, 0.25) is 0 Å². The molecule has 0 bridgehead atoms. The summed E-state index contributed by atoms with van der Waals surface area (Å²) in [5, 5.41) is 0. The normalized spacial score (nSPS) is 20.1. The fourth-order valence-electron chi connectivity index (χ4n) is 2.84. The highest BCUT2D eigenvalue weighted by Crippen LogP contribution is 2.87. The van der Waals surface area contributed by atoms with E-state index in [2.05, 4.69) is 0 Å². The molecule has 0 aliphatic heterocycles. The second kappa shape index (κ2) is 5.76. The zero-order chi connectivity index (χ0) is 19.6. The molecule has 0 aromatic heterocycles. The molecule has 1 fully saturated rings. The molecule has 24 heavy (non-hydrogen) atoms. The van der Waals surface area contributed by atoms with E-state index in [9.17, 15) is 47.6 Å². The van der Waals surface area contributed by atoms with Crippen LogP contribution in [0.5, 0.6) is 0 Å². The van der Waals surface area contributed by atoms with E-state index < -0.39 is 52.3 Å². The molecule has 0 spiro atoms. The largest absolute Gasteiger partial charge is 0.359 e. The van der Waals surface area contributed by atoms with Crippen LogP contribution in [-0.2, 0) is 18.3 Å². The van der Waals surface area contributed by atoms with Crippen LogP contribution >= 0.6 is 30.4 Å². The lowest BCUT2D eigenvalue weighted by atomic mass is 9.93. The zero-order valence-electron chi connectivity index (χ0n) is 11.8. The maximum Gasteiger partial charge on any atom is 0.359 e. The van der Waals surface area contributed by atoms with Crippen molar-refractivity contribution in [1.82, 2.24) is 0 Å². The van der Waals surface area contributed by atoms with Crippen LogP contribution in [0.15, 0.2) is 0 Å². The second-order valence-electron chi connectivity index (χ2n) is 5.74. The molecule has 0 saturated heterocycles. The van der Waals surface area contributed by atoms with E-state index in [1.165, 1.54) is 0 Å². The van der Waals surface area contributed by atoms with Gasteiger partial charge in [-0.05, 0) is 12.8 Å². The van der Waals surface area contributed by atoms with Crippen molar-refractivity contribution in [3.63, 3.8) is 0 Å². The maximum atomic E-state index is 11.8. The van der Waals surface area contributed by atoms with Crippen LogP contribution in [0.25, 0.3) is 0 Å². The third kappa shape index (κ3) is 3.26. The van der Waals surface area contributed by atoms with E-state index in [0.29, 0.717) is 0 Å². The summed E-state index contributed by atoms with van der Waals surface area (Å²) in [5.74, 6) is 0. The zero-order valence-corrected chi connectivity index (χ0v) is 15.4. The van der Waals surface area contributed by atoms with Gasteiger partial charge >= 0.3 is 35.0 Å². The monoisotopic (exact) mass is 434 g/mol. The molecule has 0 radical (unpaired) electrons. The Morgan fingerprint density at radius 3 is 1.21 bits per heavy atom. The summed E-state index contributed by atoms with van der Waals surface area (Å²) in [6, 6.07) is 0. The molecular weight excluding hydrogens is 416 g/mol.